The van der Waals surface area contributed by atoms with E-state index in [4.69, 9.17) is 14.5 Å². The van der Waals surface area contributed by atoms with Crippen LogP contribution in [0.1, 0.15) is 61.0 Å². The molecule has 3 atom stereocenters. The Morgan fingerprint density at radius 1 is 1.08 bits per heavy atom. The summed E-state index contributed by atoms with van der Waals surface area (Å²) in [7, 11) is 0. The number of rotatable bonds is 6. The molecule has 1 unspecified atom stereocenters. The first-order valence-corrected chi connectivity index (χ1v) is 12.3. The predicted molar refractivity (Wildman–Crippen MR) is 132 cm³/mol. The fourth-order valence-electron chi connectivity index (χ4n) is 4.91. The molecule has 0 spiro atoms. The minimum Gasteiger partial charge on any atom is -0.458 e. The molecule has 0 aromatic heterocycles. The summed E-state index contributed by atoms with van der Waals surface area (Å²) in [6.07, 6.45) is 2.60. The van der Waals surface area contributed by atoms with Gasteiger partial charge < -0.3 is 9.84 Å². The average Bonchev–Trinajstić information content (AvgIpc) is 2.84. The fraction of sp³-hybridized carbons (Fsp3) is 0.379. The van der Waals surface area contributed by atoms with Gasteiger partial charge in [-0.3, -0.25) is 9.68 Å². The highest BCUT2D eigenvalue weighted by atomic mass is 19.2. The average molecular weight is 531 g/mol. The number of carbonyl (C=O) groups excluding carboxylic acids is 2. The number of hydrogen-bond acceptors (Lipinski definition) is 6. The van der Waals surface area contributed by atoms with Crippen molar-refractivity contribution < 1.29 is 42.4 Å². The van der Waals surface area contributed by atoms with Crippen LogP contribution in [-0.2, 0) is 19.3 Å². The Morgan fingerprint density at radius 3 is 2.50 bits per heavy atom. The predicted octanol–water partition coefficient (Wildman–Crippen LogP) is 5.77. The molecule has 1 saturated heterocycles. The molecule has 1 N–H and O–H groups in total. The Balaban J connectivity index is 1.61. The highest BCUT2D eigenvalue weighted by Crippen LogP contribution is 2.46. The highest BCUT2D eigenvalue weighted by molar-refractivity contribution is 5.88. The van der Waals surface area contributed by atoms with E-state index in [-0.39, 0.29) is 24.2 Å². The third-order valence-corrected chi connectivity index (χ3v) is 6.81. The zero-order valence-corrected chi connectivity index (χ0v) is 21.3. The van der Waals surface area contributed by atoms with Crippen LogP contribution in [0.5, 0.6) is 0 Å². The van der Waals surface area contributed by atoms with Crippen LogP contribution in [-0.4, -0.2) is 35.4 Å². The molecule has 0 bridgehead atoms. The van der Waals surface area contributed by atoms with Crippen molar-refractivity contribution in [2.45, 2.75) is 64.8 Å². The van der Waals surface area contributed by atoms with E-state index >= 15 is 0 Å². The number of ether oxygens (including phenoxy) is 1. The molecule has 38 heavy (non-hydrogen) atoms. The van der Waals surface area contributed by atoms with E-state index in [1.54, 1.807) is 25.1 Å². The molecule has 202 valence electrons. The van der Waals surface area contributed by atoms with Crippen molar-refractivity contribution in [3.05, 3.63) is 88.3 Å². The molecule has 9 heteroatoms. The van der Waals surface area contributed by atoms with Gasteiger partial charge in [-0.2, -0.15) is 4.89 Å². The Bertz CT molecular complexity index is 1300. The van der Waals surface area contributed by atoms with E-state index in [1.807, 2.05) is 19.9 Å². The van der Waals surface area contributed by atoms with Gasteiger partial charge >= 0.3 is 11.9 Å². The van der Waals surface area contributed by atoms with Crippen LogP contribution in [0, 0.1) is 29.8 Å². The Labute approximate surface area is 218 Å². The second-order valence-electron chi connectivity index (χ2n) is 10.3. The molecular weight excluding hydrogens is 501 g/mol. The molecule has 2 aromatic rings. The number of aliphatic hydroxyl groups excluding tert-OH is 1. The van der Waals surface area contributed by atoms with Gasteiger partial charge in [-0.1, -0.05) is 26.0 Å². The molecule has 1 aliphatic heterocycles. The zero-order chi connectivity index (χ0) is 27.6. The molecule has 6 nitrogen and oxygen atoms in total. The first-order chi connectivity index (χ1) is 17.9. The third kappa shape index (κ3) is 6.34. The molecule has 4 rings (SSSR count). The molecule has 0 saturated carbocycles. The smallest absolute Gasteiger partial charge is 0.373 e. The van der Waals surface area contributed by atoms with Crippen molar-refractivity contribution >= 4 is 17.5 Å². The molecule has 1 heterocycles. The number of esters is 1. The lowest BCUT2D eigenvalue weighted by Gasteiger charge is -2.38. The van der Waals surface area contributed by atoms with Crippen molar-refractivity contribution in [2.75, 3.05) is 0 Å². The minimum atomic E-state index is -1.18. The van der Waals surface area contributed by atoms with Gasteiger partial charge in [-0.25, -0.2) is 18.0 Å². The Kier molecular flexibility index (Phi) is 8.08. The molecule has 1 aliphatic carbocycles. The zero-order valence-electron chi connectivity index (χ0n) is 21.3. The number of carbonyl (C=O) groups is 2. The standard InChI is InChI=1S/C29H29F3O6/c1-16-10-17(4-8-24(16)30)22-14-21(37-38-28(35)18-5-9-25(31)26(32)11-18)15-29(2,3)23(22)7-6-20-12-19(33)13-27(34)36-20/h4-11,19-21,33H,12-15H2,1-3H3/t19-,20-,21?/m1/s1. The van der Waals surface area contributed by atoms with E-state index in [0.29, 0.717) is 18.4 Å². The van der Waals surface area contributed by atoms with Crippen molar-refractivity contribution in [3.63, 3.8) is 0 Å². The van der Waals surface area contributed by atoms with Crippen LogP contribution in [0.2, 0.25) is 0 Å². The quantitative estimate of drug-likeness (QED) is 0.290. The number of hydrogen-bond donors (Lipinski definition) is 1. The third-order valence-electron chi connectivity index (χ3n) is 6.81. The first-order valence-electron chi connectivity index (χ1n) is 12.3. The highest BCUT2D eigenvalue weighted by Gasteiger charge is 2.37. The summed E-state index contributed by atoms with van der Waals surface area (Å²) in [5.41, 5.74) is 2.19. The van der Waals surface area contributed by atoms with Crippen LogP contribution < -0.4 is 0 Å². The van der Waals surface area contributed by atoms with Gasteiger partial charge in [-0.05, 0) is 77.4 Å². The summed E-state index contributed by atoms with van der Waals surface area (Å²) in [4.78, 5) is 34.6. The van der Waals surface area contributed by atoms with Gasteiger partial charge in [0.15, 0.2) is 11.6 Å². The first kappa shape index (κ1) is 27.6. The Morgan fingerprint density at radius 2 is 1.82 bits per heavy atom. The topological polar surface area (TPSA) is 82.1 Å². The largest absolute Gasteiger partial charge is 0.458 e. The number of aryl methyl sites for hydroxylation is 1. The molecular formula is C29H29F3O6. The van der Waals surface area contributed by atoms with Crippen molar-refractivity contribution in [2.24, 2.45) is 5.41 Å². The van der Waals surface area contributed by atoms with Crippen molar-refractivity contribution in [1.29, 1.82) is 0 Å². The van der Waals surface area contributed by atoms with Gasteiger partial charge in [0.2, 0.25) is 0 Å². The Hall–Kier alpha value is -3.43. The lowest BCUT2D eigenvalue weighted by molar-refractivity contribution is -0.278. The monoisotopic (exact) mass is 530 g/mol. The number of allylic oxidation sites excluding steroid dienone is 2. The summed E-state index contributed by atoms with van der Waals surface area (Å²) < 4.78 is 46.1. The summed E-state index contributed by atoms with van der Waals surface area (Å²) >= 11 is 0. The maximum atomic E-state index is 14.0. The number of benzene rings is 2. The van der Waals surface area contributed by atoms with Crippen LogP contribution in [0.25, 0.3) is 5.57 Å². The summed E-state index contributed by atoms with van der Waals surface area (Å²) in [6.45, 7) is 5.60. The lowest BCUT2D eigenvalue weighted by atomic mass is 9.69. The normalized spacial score (nSPS) is 23.4. The molecule has 0 amide bonds. The van der Waals surface area contributed by atoms with Crippen LogP contribution in [0.4, 0.5) is 13.2 Å². The molecule has 1 fully saturated rings. The van der Waals surface area contributed by atoms with Gasteiger partial charge in [0, 0.05) is 12.8 Å². The van der Waals surface area contributed by atoms with Crippen molar-refractivity contribution in [1.82, 2.24) is 0 Å². The van der Waals surface area contributed by atoms with Gasteiger partial charge in [0.25, 0.3) is 0 Å². The van der Waals surface area contributed by atoms with Gasteiger partial charge in [0.1, 0.15) is 18.0 Å². The second kappa shape index (κ2) is 11.1. The van der Waals surface area contributed by atoms with Gasteiger partial charge in [-0.15, -0.1) is 0 Å². The van der Waals surface area contributed by atoms with Crippen molar-refractivity contribution in [3.8, 4) is 0 Å². The maximum Gasteiger partial charge on any atom is 0.373 e. The minimum absolute atomic E-state index is 0.0407. The number of halogens is 3. The SMILES string of the molecule is Cc1cc(C2=C(C=C[C@@H]3C[C@@H](O)CC(=O)O3)C(C)(C)CC(OOC(=O)c3ccc(F)c(F)c3)C2)ccc1F. The van der Waals surface area contributed by atoms with E-state index in [1.165, 1.54) is 6.07 Å². The van der Waals surface area contributed by atoms with Gasteiger partial charge in [0.05, 0.1) is 18.1 Å². The van der Waals surface area contributed by atoms with E-state index in [2.05, 4.69) is 0 Å². The summed E-state index contributed by atoms with van der Waals surface area (Å²) in [6, 6.07) is 7.40. The number of cyclic esters (lactones) is 1. The molecule has 0 radical (unpaired) electrons. The summed E-state index contributed by atoms with van der Waals surface area (Å²) in [5.74, 6) is -4.05. The number of aliphatic hydroxyl groups is 1. The van der Waals surface area contributed by atoms with Crippen LogP contribution >= 0.6 is 0 Å². The second-order valence-corrected chi connectivity index (χ2v) is 10.3. The fourth-order valence-corrected chi connectivity index (χ4v) is 4.91. The van der Waals surface area contributed by atoms with E-state index in [9.17, 15) is 27.9 Å². The molecule has 2 aromatic carbocycles. The summed E-state index contributed by atoms with van der Waals surface area (Å²) in [5, 5.41) is 9.95. The molecule has 2 aliphatic rings. The maximum absolute atomic E-state index is 14.0. The lowest BCUT2D eigenvalue weighted by Crippen LogP contribution is -2.32. The van der Waals surface area contributed by atoms with Crippen LogP contribution in [0.15, 0.2) is 54.1 Å². The van der Waals surface area contributed by atoms with Crippen LogP contribution in [0.3, 0.4) is 0 Å². The van der Waals surface area contributed by atoms with E-state index in [0.717, 1.165) is 34.9 Å². The van der Waals surface area contributed by atoms with E-state index < -0.39 is 47.3 Å².